The largest absolute Gasteiger partial charge is 0.373 e. The summed E-state index contributed by atoms with van der Waals surface area (Å²) in [5, 5.41) is 13.4. The molecule has 0 N–H and O–H groups in total. The van der Waals surface area contributed by atoms with Crippen molar-refractivity contribution in [2.24, 2.45) is 5.41 Å². The van der Waals surface area contributed by atoms with E-state index in [0.29, 0.717) is 10.8 Å². The van der Waals surface area contributed by atoms with Crippen molar-refractivity contribution >= 4 is 27.9 Å². The van der Waals surface area contributed by atoms with E-state index in [1.54, 1.807) is 10.6 Å². The molecule has 2 aromatic rings. The molecule has 1 aliphatic heterocycles. The predicted molar refractivity (Wildman–Crippen MR) is 86.6 cm³/mol. The molecular weight excluding hydrogens is 300 g/mol. The highest BCUT2D eigenvalue weighted by molar-refractivity contribution is 7.15. The number of piperidine rings is 1. The van der Waals surface area contributed by atoms with E-state index in [2.05, 4.69) is 22.0 Å². The minimum absolute atomic E-state index is 0.111. The van der Waals surface area contributed by atoms with E-state index in [0.717, 1.165) is 32.4 Å². The summed E-state index contributed by atoms with van der Waals surface area (Å²) in [6.45, 7) is 1.74. The molecule has 3 heterocycles. The third-order valence-corrected chi connectivity index (χ3v) is 5.67. The number of thiazole rings is 1. The highest BCUT2D eigenvalue weighted by Crippen LogP contribution is 2.43. The SMILES string of the molecule is O=[N+]([O-])c1c(N2CCC[C@]3(CC=CCC3)C2)nc2sccn12. The molecule has 1 spiro atoms. The van der Waals surface area contributed by atoms with Gasteiger partial charge in [-0.1, -0.05) is 23.5 Å². The number of hydrogen-bond donors (Lipinski definition) is 0. The second kappa shape index (κ2) is 5.08. The van der Waals surface area contributed by atoms with Crippen LogP contribution < -0.4 is 4.90 Å². The molecule has 1 aliphatic carbocycles. The molecule has 1 saturated heterocycles. The average molecular weight is 318 g/mol. The highest BCUT2D eigenvalue weighted by Gasteiger charge is 2.38. The number of fused-ring (bicyclic) bond motifs is 1. The van der Waals surface area contributed by atoms with E-state index in [1.165, 1.54) is 24.2 Å². The van der Waals surface area contributed by atoms with Gasteiger partial charge in [0.15, 0.2) is 0 Å². The van der Waals surface area contributed by atoms with Gasteiger partial charge in [-0.05, 0) is 42.4 Å². The molecule has 2 aliphatic rings. The van der Waals surface area contributed by atoms with Gasteiger partial charge in [0, 0.05) is 18.5 Å². The van der Waals surface area contributed by atoms with Crippen LogP contribution in [0.4, 0.5) is 11.6 Å². The summed E-state index contributed by atoms with van der Waals surface area (Å²) in [7, 11) is 0. The lowest BCUT2D eigenvalue weighted by atomic mass is 9.71. The molecule has 0 bridgehead atoms. The van der Waals surface area contributed by atoms with Gasteiger partial charge in [0.2, 0.25) is 5.82 Å². The van der Waals surface area contributed by atoms with Crippen molar-refractivity contribution in [3.63, 3.8) is 0 Å². The van der Waals surface area contributed by atoms with Crippen molar-refractivity contribution < 1.29 is 4.92 Å². The first-order chi connectivity index (χ1) is 10.7. The van der Waals surface area contributed by atoms with E-state index >= 15 is 0 Å². The number of nitro groups is 1. The number of rotatable bonds is 2. The van der Waals surface area contributed by atoms with Gasteiger partial charge in [0.25, 0.3) is 4.96 Å². The third-order valence-electron chi connectivity index (χ3n) is 4.91. The zero-order valence-corrected chi connectivity index (χ0v) is 13.1. The van der Waals surface area contributed by atoms with Crippen LogP contribution in [0, 0.1) is 15.5 Å². The molecule has 0 saturated carbocycles. The lowest BCUT2D eigenvalue weighted by molar-refractivity contribution is -0.389. The van der Waals surface area contributed by atoms with E-state index in [1.807, 2.05) is 5.38 Å². The second-order valence-electron chi connectivity index (χ2n) is 6.31. The van der Waals surface area contributed by atoms with E-state index < -0.39 is 0 Å². The van der Waals surface area contributed by atoms with Crippen LogP contribution in [0.25, 0.3) is 4.96 Å². The Morgan fingerprint density at radius 1 is 1.36 bits per heavy atom. The van der Waals surface area contributed by atoms with Crippen molar-refractivity contribution in [3.05, 3.63) is 33.8 Å². The van der Waals surface area contributed by atoms with Crippen molar-refractivity contribution in [1.29, 1.82) is 0 Å². The Labute approximate surface area is 132 Å². The highest BCUT2D eigenvalue weighted by atomic mass is 32.1. The fourth-order valence-corrected chi connectivity index (χ4v) is 4.55. The van der Waals surface area contributed by atoms with Crippen LogP contribution in [0.1, 0.15) is 32.1 Å². The predicted octanol–water partition coefficient (Wildman–Crippen LogP) is 3.63. The van der Waals surface area contributed by atoms with Crippen LogP contribution in [0.3, 0.4) is 0 Å². The number of hydrogen-bond acceptors (Lipinski definition) is 5. The first kappa shape index (κ1) is 13.8. The summed E-state index contributed by atoms with van der Waals surface area (Å²) in [5.74, 6) is 0.658. The molecule has 1 atom stereocenters. The van der Waals surface area contributed by atoms with Gasteiger partial charge >= 0.3 is 5.82 Å². The maximum absolute atomic E-state index is 11.5. The standard InChI is InChI=1S/C15H18N4O2S/c20-19(21)13-12(16-14-18(13)9-10-22-14)17-8-4-7-15(11-17)5-2-1-3-6-15/h1-2,9-10H,3-8,11H2/t15-/m1/s1. The summed E-state index contributed by atoms with van der Waals surface area (Å²) >= 11 is 1.44. The average Bonchev–Trinajstić information content (AvgIpc) is 3.07. The monoisotopic (exact) mass is 318 g/mol. The first-order valence-electron chi connectivity index (χ1n) is 7.68. The summed E-state index contributed by atoms with van der Waals surface area (Å²) < 4.78 is 1.60. The summed E-state index contributed by atoms with van der Waals surface area (Å²) in [5.41, 5.74) is 0.276. The molecule has 7 heteroatoms. The summed E-state index contributed by atoms with van der Waals surface area (Å²) in [6, 6.07) is 0. The fraction of sp³-hybridized carbons (Fsp3) is 0.533. The van der Waals surface area contributed by atoms with Gasteiger partial charge in [0.05, 0.1) is 0 Å². The molecule has 1 fully saturated rings. The van der Waals surface area contributed by atoms with Crippen molar-refractivity contribution in [2.75, 3.05) is 18.0 Å². The third kappa shape index (κ3) is 2.11. The van der Waals surface area contributed by atoms with E-state index in [9.17, 15) is 10.1 Å². The Morgan fingerprint density at radius 3 is 3.05 bits per heavy atom. The Hall–Kier alpha value is -1.89. The van der Waals surface area contributed by atoms with Crippen LogP contribution in [0.15, 0.2) is 23.7 Å². The van der Waals surface area contributed by atoms with Gasteiger partial charge in [-0.3, -0.25) is 0 Å². The van der Waals surface area contributed by atoms with Gasteiger partial charge in [-0.25, -0.2) is 0 Å². The van der Waals surface area contributed by atoms with Crippen molar-refractivity contribution in [2.45, 2.75) is 32.1 Å². The Kier molecular flexibility index (Phi) is 3.18. The number of aromatic nitrogens is 2. The minimum Gasteiger partial charge on any atom is -0.358 e. The zero-order chi connectivity index (χ0) is 15.2. The maximum atomic E-state index is 11.5. The molecule has 0 amide bonds. The molecule has 0 unspecified atom stereocenters. The number of allylic oxidation sites excluding steroid dienone is 2. The van der Waals surface area contributed by atoms with Crippen molar-refractivity contribution in [1.82, 2.24) is 9.38 Å². The van der Waals surface area contributed by atoms with Gasteiger partial charge in [-0.15, -0.1) is 0 Å². The van der Waals surface area contributed by atoms with Crippen molar-refractivity contribution in [3.8, 4) is 0 Å². The van der Waals surface area contributed by atoms with Gasteiger partial charge < -0.3 is 15.0 Å². The molecule has 22 heavy (non-hydrogen) atoms. The number of nitrogens with zero attached hydrogens (tertiary/aromatic N) is 4. The quantitative estimate of drug-likeness (QED) is 0.482. The minimum atomic E-state index is -0.301. The van der Waals surface area contributed by atoms with Crippen LogP contribution in [-0.4, -0.2) is 27.4 Å². The van der Waals surface area contributed by atoms with Crippen LogP contribution >= 0.6 is 11.3 Å². The maximum Gasteiger partial charge on any atom is 0.373 e. The zero-order valence-electron chi connectivity index (χ0n) is 12.3. The summed E-state index contributed by atoms with van der Waals surface area (Å²) in [6.07, 6.45) is 11.9. The van der Waals surface area contributed by atoms with E-state index in [-0.39, 0.29) is 16.2 Å². The Morgan fingerprint density at radius 2 is 2.27 bits per heavy atom. The normalized spacial score (nSPS) is 25.2. The molecule has 0 aromatic carbocycles. The molecule has 4 rings (SSSR count). The number of anilines is 1. The molecule has 116 valence electrons. The molecule has 0 radical (unpaired) electrons. The lowest BCUT2D eigenvalue weighted by Gasteiger charge is -2.43. The van der Waals surface area contributed by atoms with Gasteiger partial charge in [-0.2, -0.15) is 9.38 Å². The molecular formula is C15H18N4O2S. The van der Waals surface area contributed by atoms with Crippen LogP contribution in [-0.2, 0) is 0 Å². The lowest BCUT2D eigenvalue weighted by Crippen LogP contribution is -2.44. The van der Waals surface area contributed by atoms with E-state index in [4.69, 9.17) is 0 Å². The van der Waals surface area contributed by atoms with Crippen LogP contribution in [0.2, 0.25) is 0 Å². The fourth-order valence-electron chi connectivity index (χ4n) is 3.85. The molecule has 2 aromatic heterocycles. The molecule has 6 nitrogen and oxygen atoms in total. The Balaban J connectivity index is 1.72. The topological polar surface area (TPSA) is 63.7 Å². The summed E-state index contributed by atoms with van der Waals surface area (Å²) in [4.78, 5) is 18.6. The first-order valence-corrected chi connectivity index (χ1v) is 8.56. The van der Waals surface area contributed by atoms with Crippen LogP contribution in [0.5, 0.6) is 0 Å². The van der Waals surface area contributed by atoms with Gasteiger partial charge in [0.1, 0.15) is 6.20 Å². The smallest absolute Gasteiger partial charge is 0.358 e. The Bertz CT molecular complexity index is 750. The second-order valence-corrected chi connectivity index (χ2v) is 7.18. The number of imidazole rings is 1.